The smallest absolute Gasteiger partial charge is 0.191 e. The van der Waals surface area contributed by atoms with Gasteiger partial charge in [0.2, 0.25) is 0 Å². The van der Waals surface area contributed by atoms with E-state index in [1.807, 2.05) is 47.0 Å². The van der Waals surface area contributed by atoms with Gasteiger partial charge in [-0.2, -0.15) is 0 Å². The maximum Gasteiger partial charge on any atom is 0.191 e. The van der Waals surface area contributed by atoms with Crippen molar-refractivity contribution in [2.45, 2.75) is 13.0 Å². The molecule has 0 aliphatic rings. The fourth-order valence-corrected chi connectivity index (χ4v) is 2.63. The lowest BCUT2D eigenvalue weighted by Crippen LogP contribution is -2.38. The van der Waals surface area contributed by atoms with Crippen molar-refractivity contribution in [1.29, 1.82) is 0 Å². The Balaban J connectivity index is 1.52. The zero-order valence-corrected chi connectivity index (χ0v) is 14.2. The number of rotatable bonds is 5. The number of benzene rings is 1. The van der Waals surface area contributed by atoms with Crippen LogP contribution in [0.1, 0.15) is 11.4 Å². The van der Waals surface area contributed by atoms with E-state index < -0.39 is 0 Å². The van der Waals surface area contributed by atoms with Gasteiger partial charge in [-0.3, -0.25) is 9.39 Å². The quantitative estimate of drug-likeness (QED) is 0.551. The summed E-state index contributed by atoms with van der Waals surface area (Å²) in [4.78, 5) is 4.23. The van der Waals surface area contributed by atoms with Crippen LogP contribution >= 0.6 is 11.6 Å². The van der Waals surface area contributed by atoms with Gasteiger partial charge in [0.15, 0.2) is 17.4 Å². The van der Waals surface area contributed by atoms with Crippen LogP contribution in [0.25, 0.3) is 5.65 Å². The molecule has 0 bridgehead atoms. The predicted molar refractivity (Wildman–Crippen MR) is 96.3 cm³/mol. The maximum absolute atomic E-state index is 6.00. The van der Waals surface area contributed by atoms with E-state index in [0.717, 1.165) is 35.4 Å². The maximum atomic E-state index is 6.00. The summed E-state index contributed by atoms with van der Waals surface area (Å²) in [5.74, 6) is 1.56. The number of pyridine rings is 1. The first-order valence-corrected chi connectivity index (χ1v) is 8.11. The summed E-state index contributed by atoms with van der Waals surface area (Å²) in [6.07, 6.45) is 2.82. The van der Waals surface area contributed by atoms with Crippen LogP contribution < -0.4 is 10.6 Å². The lowest BCUT2D eigenvalue weighted by atomic mass is 10.1. The molecule has 2 aromatic heterocycles. The highest BCUT2D eigenvalue weighted by atomic mass is 35.5. The predicted octanol–water partition coefficient (Wildman–Crippen LogP) is 2.29. The first-order chi connectivity index (χ1) is 11.8. The van der Waals surface area contributed by atoms with Crippen molar-refractivity contribution in [2.24, 2.45) is 4.99 Å². The molecule has 0 saturated carbocycles. The highest BCUT2D eigenvalue weighted by molar-refractivity contribution is 6.30. The molecule has 124 valence electrons. The van der Waals surface area contributed by atoms with Gasteiger partial charge in [0.1, 0.15) is 0 Å². The Labute approximate surface area is 145 Å². The Morgan fingerprint density at radius 2 is 2.08 bits per heavy atom. The van der Waals surface area contributed by atoms with E-state index in [1.54, 1.807) is 7.05 Å². The minimum atomic E-state index is 0.544. The third-order valence-corrected chi connectivity index (χ3v) is 3.85. The molecule has 6 nitrogen and oxygen atoms in total. The number of hydrogen-bond donors (Lipinski definition) is 2. The van der Waals surface area contributed by atoms with Crippen molar-refractivity contribution in [3.05, 3.63) is 65.1 Å². The van der Waals surface area contributed by atoms with E-state index in [0.29, 0.717) is 6.54 Å². The fourth-order valence-electron chi connectivity index (χ4n) is 2.41. The van der Waals surface area contributed by atoms with Crippen LogP contribution in [0.3, 0.4) is 0 Å². The van der Waals surface area contributed by atoms with Gasteiger partial charge in [-0.05, 0) is 36.2 Å². The monoisotopic (exact) mass is 342 g/mol. The van der Waals surface area contributed by atoms with Crippen LogP contribution in [0, 0.1) is 0 Å². The first-order valence-electron chi connectivity index (χ1n) is 7.74. The van der Waals surface area contributed by atoms with Gasteiger partial charge >= 0.3 is 0 Å². The molecule has 0 radical (unpaired) electrons. The molecule has 0 amide bonds. The van der Waals surface area contributed by atoms with Crippen LogP contribution in [0.4, 0.5) is 0 Å². The number of halogens is 1. The van der Waals surface area contributed by atoms with E-state index in [9.17, 15) is 0 Å². The second kappa shape index (κ2) is 7.79. The number of nitrogens with zero attached hydrogens (tertiary/aromatic N) is 4. The summed E-state index contributed by atoms with van der Waals surface area (Å²) < 4.78 is 1.95. The van der Waals surface area contributed by atoms with Crippen molar-refractivity contribution >= 4 is 23.2 Å². The lowest BCUT2D eigenvalue weighted by molar-refractivity contribution is 0.757. The third-order valence-electron chi connectivity index (χ3n) is 3.62. The molecule has 2 heterocycles. The van der Waals surface area contributed by atoms with Crippen molar-refractivity contribution in [3.8, 4) is 0 Å². The van der Waals surface area contributed by atoms with Crippen molar-refractivity contribution < 1.29 is 0 Å². The molecule has 7 heteroatoms. The van der Waals surface area contributed by atoms with Crippen molar-refractivity contribution in [3.63, 3.8) is 0 Å². The molecule has 0 spiro atoms. The topological polar surface area (TPSA) is 66.6 Å². The van der Waals surface area contributed by atoms with Gasteiger partial charge in [-0.25, -0.2) is 0 Å². The molecular weight excluding hydrogens is 324 g/mol. The van der Waals surface area contributed by atoms with E-state index in [-0.39, 0.29) is 0 Å². The molecule has 24 heavy (non-hydrogen) atoms. The lowest BCUT2D eigenvalue weighted by Gasteiger charge is -2.11. The summed E-state index contributed by atoms with van der Waals surface area (Å²) in [7, 11) is 1.75. The summed E-state index contributed by atoms with van der Waals surface area (Å²) in [6.45, 7) is 1.31. The highest BCUT2D eigenvalue weighted by Gasteiger charge is 2.05. The zero-order valence-electron chi connectivity index (χ0n) is 13.4. The van der Waals surface area contributed by atoms with Crippen LogP contribution in [-0.4, -0.2) is 34.2 Å². The van der Waals surface area contributed by atoms with Crippen LogP contribution in [0.2, 0.25) is 5.02 Å². The normalized spacial score (nSPS) is 11.7. The van der Waals surface area contributed by atoms with Gasteiger partial charge < -0.3 is 10.6 Å². The Morgan fingerprint density at radius 1 is 1.17 bits per heavy atom. The average Bonchev–Trinajstić information content (AvgIpc) is 3.01. The number of guanidine groups is 1. The summed E-state index contributed by atoms with van der Waals surface area (Å²) in [5, 5.41) is 15.6. The summed E-state index contributed by atoms with van der Waals surface area (Å²) >= 11 is 6.00. The van der Waals surface area contributed by atoms with Gasteiger partial charge in [-0.15, -0.1) is 10.2 Å². The standard InChI is InChI=1S/C17H19ClN6/c1-19-17(20-9-8-13-5-4-6-14(18)11-13)21-12-16-23-22-15-7-2-3-10-24(15)16/h2-7,10-11H,8-9,12H2,1H3,(H2,19,20,21). The van der Waals surface area contributed by atoms with Gasteiger partial charge in [0.25, 0.3) is 0 Å². The Bertz CT molecular complexity index is 842. The first kappa shape index (κ1) is 16.3. The summed E-state index contributed by atoms with van der Waals surface area (Å²) in [5.41, 5.74) is 2.02. The van der Waals surface area contributed by atoms with E-state index >= 15 is 0 Å². The van der Waals surface area contributed by atoms with Gasteiger partial charge in [-0.1, -0.05) is 29.8 Å². The summed E-state index contributed by atoms with van der Waals surface area (Å²) in [6, 6.07) is 13.7. The molecule has 0 saturated heterocycles. The molecule has 0 aliphatic carbocycles. The van der Waals surface area contributed by atoms with Crippen molar-refractivity contribution in [1.82, 2.24) is 25.2 Å². The van der Waals surface area contributed by atoms with E-state index in [2.05, 4.69) is 31.9 Å². The largest absolute Gasteiger partial charge is 0.356 e. The van der Waals surface area contributed by atoms with Gasteiger partial charge in [0.05, 0.1) is 6.54 Å². The fraction of sp³-hybridized carbons (Fsp3) is 0.235. The molecule has 3 rings (SSSR count). The van der Waals surface area contributed by atoms with Crippen LogP contribution in [-0.2, 0) is 13.0 Å². The Morgan fingerprint density at radius 3 is 2.92 bits per heavy atom. The second-order valence-electron chi connectivity index (χ2n) is 5.28. The van der Waals surface area contributed by atoms with Crippen molar-refractivity contribution in [2.75, 3.05) is 13.6 Å². The Kier molecular flexibility index (Phi) is 5.28. The molecule has 0 fully saturated rings. The van der Waals surface area contributed by atoms with Crippen LogP contribution in [0.15, 0.2) is 53.7 Å². The molecule has 0 aliphatic heterocycles. The number of aliphatic imine (C=N–C) groups is 1. The number of fused-ring (bicyclic) bond motifs is 1. The number of hydrogen-bond acceptors (Lipinski definition) is 3. The molecule has 0 atom stereocenters. The molecule has 3 aromatic rings. The zero-order chi connectivity index (χ0) is 16.8. The molecule has 0 unspecified atom stereocenters. The number of nitrogens with one attached hydrogen (secondary N) is 2. The molecule has 1 aromatic carbocycles. The van der Waals surface area contributed by atoms with E-state index in [1.165, 1.54) is 5.56 Å². The average molecular weight is 343 g/mol. The third kappa shape index (κ3) is 4.02. The minimum Gasteiger partial charge on any atom is -0.356 e. The Hall–Kier alpha value is -2.60. The number of aromatic nitrogens is 3. The highest BCUT2D eigenvalue weighted by Crippen LogP contribution is 2.10. The second-order valence-corrected chi connectivity index (χ2v) is 5.71. The van der Waals surface area contributed by atoms with Crippen LogP contribution in [0.5, 0.6) is 0 Å². The molecular formula is C17H19ClN6. The molecule has 2 N–H and O–H groups in total. The van der Waals surface area contributed by atoms with Gasteiger partial charge in [0, 0.05) is 24.8 Å². The SMILES string of the molecule is CN=C(NCCc1cccc(Cl)c1)NCc1nnc2ccccn12. The minimum absolute atomic E-state index is 0.544. The van der Waals surface area contributed by atoms with E-state index in [4.69, 9.17) is 11.6 Å².